The van der Waals surface area contributed by atoms with Gasteiger partial charge in [0.2, 0.25) is 0 Å². The Hall–Kier alpha value is -1.30. The number of carboxylic acids is 1. The van der Waals surface area contributed by atoms with Gasteiger partial charge < -0.3 is 20.4 Å². The number of carboxylic acid groups (broad SMARTS) is 1. The quantitative estimate of drug-likeness (QED) is 0.634. The van der Waals surface area contributed by atoms with Gasteiger partial charge in [0, 0.05) is 25.2 Å². The second-order valence-electron chi connectivity index (χ2n) is 4.73. The number of urea groups is 1. The van der Waals surface area contributed by atoms with Crippen molar-refractivity contribution in [2.75, 3.05) is 13.2 Å². The van der Waals surface area contributed by atoms with Gasteiger partial charge in [-0.1, -0.05) is 0 Å². The van der Waals surface area contributed by atoms with Crippen molar-refractivity contribution in [2.45, 2.75) is 46.2 Å². The van der Waals surface area contributed by atoms with Gasteiger partial charge in [0.05, 0.1) is 5.92 Å². The molecule has 0 heterocycles. The van der Waals surface area contributed by atoms with Crippen LogP contribution < -0.4 is 5.32 Å². The summed E-state index contributed by atoms with van der Waals surface area (Å²) in [6.07, 6.45) is 0.508. The van der Waals surface area contributed by atoms with E-state index in [2.05, 4.69) is 5.32 Å². The number of amides is 2. The van der Waals surface area contributed by atoms with Crippen LogP contribution in [0.15, 0.2) is 0 Å². The number of nitrogens with zero attached hydrogens (tertiary/aromatic N) is 1. The Balaban J connectivity index is 4.46. The van der Waals surface area contributed by atoms with Gasteiger partial charge in [-0.25, -0.2) is 4.79 Å². The molecule has 0 fully saturated rings. The van der Waals surface area contributed by atoms with Crippen LogP contribution in [0.25, 0.3) is 0 Å². The normalized spacial score (nSPS) is 14.1. The van der Waals surface area contributed by atoms with Crippen LogP contribution in [0.3, 0.4) is 0 Å². The van der Waals surface area contributed by atoms with Gasteiger partial charge in [-0.2, -0.15) is 0 Å². The number of aliphatic hydroxyl groups excluding tert-OH is 1. The molecule has 0 aliphatic rings. The number of carbonyl (C=O) groups is 2. The molecule has 0 aromatic carbocycles. The number of hydrogen-bond acceptors (Lipinski definition) is 3. The topological polar surface area (TPSA) is 89.9 Å². The summed E-state index contributed by atoms with van der Waals surface area (Å²) in [4.78, 5) is 24.4. The minimum Gasteiger partial charge on any atom is -0.481 e. The first-order valence-corrected chi connectivity index (χ1v) is 6.22. The fourth-order valence-corrected chi connectivity index (χ4v) is 1.45. The molecule has 106 valence electrons. The molecule has 0 spiro atoms. The highest BCUT2D eigenvalue weighted by molar-refractivity contribution is 5.76. The second-order valence-corrected chi connectivity index (χ2v) is 4.73. The fraction of sp³-hybridized carbons (Fsp3) is 0.833. The van der Waals surface area contributed by atoms with E-state index in [0.717, 1.165) is 0 Å². The molecule has 0 rings (SSSR count). The first-order chi connectivity index (χ1) is 8.31. The average molecular weight is 260 g/mol. The van der Waals surface area contributed by atoms with Gasteiger partial charge in [-0.3, -0.25) is 4.79 Å². The van der Waals surface area contributed by atoms with Gasteiger partial charge in [0.1, 0.15) is 0 Å². The summed E-state index contributed by atoms with van der Waals surface area (Å²) in [6, 6.07) is -0.728. The maximum absolute atomic E-state index is 12.0. The van der Waals surface area contributed by atoms with E-state index in [-0.39, 0.29) is 18.7 Å². The summed E-state index contributed by atoms with van der Waals surface area (Å²) in [5.41, 5.74) is 0. The molecule has 2 unspecified atom stereocenters. The lowest BCUT2D eigenvalue weighted by atomic mass is 10.0. The first kappa shape index (κ1) is 16.7. The van der Waals surface area contributed by atoms with Gasteiger partial charge in [-0.05, 0) is 34.1 Å². The van der Waals surface area contributed by atoms with Crippen LogP contribution >= 0.6 is 0 Å². The predicted octanol–water partition coefficient (Wildman–Crippen LogP) is 0.898. The third-order valence-electron chi connectivity index (χ3n) is 2.93. The van der Waals surface area contributed by atoms with E-state index >= 15 is 0 Å². The number of rotatable bonds is 7. The monoisotopic (exact) mass is 260 g/mol. The van der Waals surface area contributed by atoms with Crippen molar-refractivity contribution in [1.29, 1.82) is 0 Å². The summed E-state index contributed by atoms with van der Waals surface area (Å²) in [6.45, 7) is 7.46. The van der Waals surface area contributed by atoms with Crippen molar-refractivity contribution < 1.29 is 19.8 Å². The van der Waals surface area contributed by atoms with E-state index in [4.69, 9.17) is 10.2 Å². The van der Waals surface area contributed by atoms with E-state index in [1.807, 2.05) is 13.8 Å². The summed E-state index contributed by atoms with van der Waals surface area (Å²) in [7, 11) is 0. The largest absolute Gasteiger partial charge is 0.481 e. The lowest BCUT2D eigenvalue weighted by molar-refractivity contribution is -0.141. The average Bonchev–Trinajstić information content (AvgIpc) is 2.27. The highest BCUT2D eigenvalue weighted by Gasteiger charge is 2.24. The Kier molecular flexibility index (Phi) is 7.35. The highest BCUT2D eigenvalue weighted by Crippen LogP contribution is 2.06. The molecule has 0 saturated carbocycles. The number of nitrogens with one attached hydrogen (secondary N) is 1. The van der Waals surface area contributed by atoms with E-state index < -0.39 is 17.9 Å². The van der Waals surface area contributed by atoms with Crippen LogP contribution in [-0.2, 0) is 4.79 Å². The standard InChI is InChI=1S/C12H24N2O4/c1-8(2)14(6-5-7-15)12(18)13-10(4)9(3)11(16)17/h8-10,15H,5-7H2,1-4H3,(H,13,18)(H,16,17). The van der Waals surface area contributed by atoms with Crippen molar-refractivity contribution in [2.24, 2.45) is 5.92 Å². The Morgan fingerprint density at radius 1 is 1.22 bits per heavy atom. The van der Waals surface area contributed by atoms with Crippen molar-refractivity contribution in [3.8, 4) is 0 Å². The maximum Gasteiger partial charge on any atom is 0.317 e. The number of aliphatic hydroxyl groups is 1. The van der Waals surface area contributed by atoms with E-state index in [1.54, 1.807) is 18.7 Å². The third-order valence-corrected chi connectivity index (χ3v) is 2.93. The van der Waals surface area contributed by atoms with Gasteiger partial charge >= 0.3 is 12.0 Å². The Labute approximate surface area is 108 Å². The van der Waals surface area contributed by atoms with Crippen LogP contribution in [0, 0.1) is 5.92 Å². The van der Waals surface area contributed by atoms with Crippen molar-refractivity contribution in [3.63, 3.8) is 0 Å². The molecule has 6 heteroatoms. The number of hydrogen-bond donors (Lipinski definition) is 3. The summed E-state index contributed by atoms with van der Waals surface area (Å²) < 4.78 is 0. The zero-order valence-corrected chi connectivity index (χ0v) is 11.5. The molecule has 0 aromatic heterocycles. The summed E-state index contributed by atoms with van der Waals surface area (Å²) in [5.74, 6) is -1.57. The molecule has 6 nitrogen and oxygen atoms in total. The lowest BCUT2D eigenvalue weighted by Crippen LogP contribution is -2.50. The van der Waals surface area contributed by atoms with Crippen molar-refractivity contribution in [1.82, 2.24) is 10.2 Å². The minimum absolute atomic E-state index is 0.00360. The number of aliphatic carboxylic acids is 1. The molecule has 0 aliphatic heterocycles. The van der Waals surface area contributed by atoms with Crippen LogP contribution in [0.2, 0.25) is 0 Å². The van der Waals surface area contributed by atoms with Crippen molar-refractivity contribution in [3.05, 3.63) is 0 Å². The van der Waals surface area contributed by atoms with Gasteiger partial charge in [0.15, 0.2) is 0 Å². The molecule has 18 heavy (non-hydrogen) atoms. The van der Waals surface area contributed by atoms with E-state index in [0.29, 0.717) is 13.0 Å². The van der Waals surface area contributed by atoms with E-state index in [1.165, 1.54) is 0 Å². The fourth-order valence-electron chi connectivity index (χ4n) is 1.45. The van der Waals surface area contributed by atoms with Crippen LogP contribution in [0.1, 0.15) is 34.1 Å². The lowest BCUT2D eigenvalue weighted by Gasteiger charge is -2.29. The van der Waals surface area contributed by atoms with Gasteiger partial charge in [0.25, 0.3) is 0 Å². The Bertz CT molecular complexity index is 281. The molecular weight excluding hydrogens is 236 g/mol. The van der Waals surface area contributed by atoms with Crippen LogP contribution in [0.4, 0.5) is 4.79 Å². The Morgan fingerprint density at radius 3 is 2.17 bits per heavy atom. The predicted molar refractivity (Wildman–Crippen MR) is 68.3 cm³/mol. The molecule has 2 atom stereocenters. The van der Waals surface area contributed by atoms with Crippen LogP contribution in [-0.4, -0.2) is 52.3 Å². The second kappa shape index (κ2) is 7.92. The van der Waals surface area contributed by atoms with Crippen molar-refractivity contribution >= 4 is 12.0 Å². The summed E-state index contributed by atoms with van der Waals surface area (Å²) in [5, 5.41) is 20.3. The SMILES string of the molecule is CC(NC(=O)N(CCCO)C(C)C)C(C)C(=O)O. The molecule has 0 saturated heterocycles. The third kappa shape index (κ3) is 5.35. The van der Waals surface area contributed by atoms with Crippen LogP contribution in [0.5, 0.6) is 0 Å². The molecule has 0 bridgehead atoms. The zero-order valence-electron chi connectivity index (χ0n) is 11.5. The summed E-state index contributed by atoms with van der Waals surface area (Å²) >= 11 is 0. The van der Waals surface area contributed by atoms with E-state index in [9.17, 15) is 9.59 Å². The highest BCUT2D eigenvalue weighted by atomic mass is 16.4. The number of carbonyl (C=O) groups excluding carboxylic acids is 1. The molecule has 3 N–H and O–H groups in total. The van der Waals surface area contributed by atoms with Gasteiger partial charge in [-0.15, -0.1) is 0 Å². The molecule has 0 radical (unpaired) electrons. The molecule has 0 aromatic rings. The zero-order chi connectivity index (χ0) is 14.3. The maximum atomic E-state index is 12.0. The molecular formula is C12H24N2O4. The smallest absolute Gasteiger partial charge is 0.317 e. The molecule has 0 aliphatic carbocycles. The minimum atomic E-state index is -0.936. The first-order valence-electron chi connectivity index (χ1n) is 6.22. The Morgan fingerprint density at radius 2 is 1.78 bits per heavy atom. The molecule has 2 amide bonds.